The van der Waals surface area contributed by atoms with E-state index in [1.54, 1.807) is 0 Å². The van der Waals surface area contributed by atoms with Crippen LogP contribution in [0.5, 0.6) is 5.75 Å². The quantitative estimate of drug-likeness (QED) is 0.898. The lowest BCUT2D eigenvalue weighted by Gasteiger charge is -2.12. The fourth-order valence-corrected chi connectivity index (χ4v) is 2.01. The average molecular weight is 259 g/mol. The fraction of sp³-hybridized carbons (Fsp3) is 0.267. The van der Waals surface area contributed by atoms with Crippen molar-refractivity contribution in [1.29, 1.82) is 0 Å². The Balaban J connectivity index is 2.27. The Bertz CT molecular complexity index is 581. The van der Waals surface area contributed by atoms with Crippen molar-refractivity contribution in [2.45, 2.75) is 13.3 Å². The van der Waals surface area contributed by atoms with E-state index in [2.05, 4.69) is 6.07 Å². The molecule has 0 unspecified atom stereocenters. The van der Waals surface area contributed by atoms with Gasteiger partial charge in [0.2, 0.25) is 0 Å². The van der Waals surface area contributed by atoms with Gasteiger partial charge in [0.1, 0.15) is 5.75 Å². The van der Waals surface area contributed by atoms with Gasteiger partial charge in [-0.15, -0.1) is 0 Å². The van der Waals surface area contributed by atoms with Gasteiger partial charge in [0.25, 0.3) is 0 Å². The largest absolute Gasteiger partial charge is 0.494 e. The van der Waals surface area contributed by atoms with Crippen LogP contribution in [0, 0.1) is 0 Å². The zero-order valence-electron chi connectivity index (χ0n) is 10.9. The second kappa shape index (κ2) is 6.09. The van der Waals surface area contributed by atoms with E-state index in [0.29, 0.717) is 13.0 Å². The Morgan fingerprint density at radius 2 is 1.89 bits per heavy atom. The van der Waals surface area contributed by atoms with Crippen molar-refractivity contribution in [3.05, 3.63) is 42.0 Å². The molecule has 0 aromatic heterocycles. The van der Waals surface area contributed by atoms with Gasteiger partial charge in [-0.25, -0.2) is 4.79 Å². The van der Waals surface area contributed by atoms with Crippen LogP contribution in [0.15, 0.2) is 36.4 Å². The number of benzene rings is 2. The Morgan fingerprint density at radius 1 is 1.21 bits per heavy atom. The summed E-state index contributed by atoms with van der Waals surface area (Å²) in [5, 5.41) is 2.27. The van der Waals surface area contributed by atoms with Gasteiger partial charge in [-0.2, -0.15) is 0 Å². The standard InChI is InChI=1S/C15H17NO3/c1-2-18-14-10-12-6-4-3-5-11(12)9-13(14)7-8-19-15(16)17/h3-6,9-10H,2,7-8H2,1H3,(H2,16,17). The summed E-state index contributed by atoms with van der Waals surface area (Å²) >= 11 is 0. The van der Waals surface area contributed by atoms with E-state index in [0.717, 1.165) is 22.1 Å². The molecule has 2 rings (SSSR count). The molecule has 0 fully saturated rings. The third-order valence-corrected chi connectivity index (χ3v) is 2.84. The Hall–Kier alpha value is -2.23. The maximum absolute atomic E-state index is 10.6. The lowest BCUT2D eigenvalue weighted by molar-refractivity contribution is 0.158. The van der Waals surface area contributed by atoms with Crippen molar-refractivity contribution in [2.75, 3.05) is 13.2 Å². The lowest BCUT2D eigenvalue weighted by Crippen LogP contribution is -2.15. The van der Waals surface area contributed by atoms with Crippen LogP contribution < -0.4 is 10.5 Å². The molecule has 100 valence electrons. The lowest BCUT2D eigenvalue weighted by atomic mass is 10.0. The molecule has 19 heavy (non-hydrogen) atoms. The molecule has 2 aromatic carbocycles. The molecule has 4 heteroatoms. The topological polar surface area (TPSA) is 61.6 Å². The first-order valence-electron chi connectivity index (χ1n) is 6.27. The minimum Gasteiger partial charge on any atom is -0.494 e. The maximum atomic E-state index is 10.6. The van der Waals surface area contributed by atoms with E-state index in [1.807, 2.05) is 37.3 Å². The highest BCUT2D eigenvalue weighted by molar-refractivity contribution is 5.85. The van der Waals surface area contributed by atoms with Gasteiger partial charge in [0, 0.05) is 6.42 Å². The van der Waals surface area contributed by atoms with E-state index >= 15 is 0 Å². The second-order valence-electron chi connectivity index (χ2n) is 4.16. The van der Waals surface area contributed by atoms with E-state index < -0.39 is 6.09 Å². The SMILES string of the molecule is CCOc1cc2ccccc2cc1CCOC(N)=O. The second-order valence-corrected chi connectivity index (χ2v) is 4.16. The number of rotatable bonds is 5. The number of fused-ring (bicyclic) bond motifs is 1. The molecule has 0 spiro atoms. The number of carbonyl (C=O) groups excluding carboxylic acids is 1. The summed E-state index contributed by atoms with van der Waals surface area (Å²) in [5.74, 6) is 0.828. The van der Waals surface area contributed by atoms with Gasteiger partial charge in [0.05, 0.1) is 13.2 Å². The summed E-state index contributed by atoms with van der Waals surface area (Å²) < 4.78 is 10.4. The summed E-state index contributed by atoms with van der Waals surface area (Å²) in [5.41, 5.74) is 5.97. The van der Waals surface area contributed by atoms with Gasteiger partial charge in [-0.3, -0.25) is 0 Å². The van der Waals surface area contributed by atoms with Crippen LogP contribution in [0.25, 0.3) is 10.8 Å². The Morgan fingerprint density at radius 3 is 2.53 bits per heavy atom. The zero-order valence-corrected chi connectivity index (χ0v) is 10.9. The monoisotopic (exact) mass is 259 g/mol. The summed E-state index contributed by atoms with van der Waals surface area (Å²) in [6.07, 6.45) is -0.165. The molecular weight excluding hydrogens is 242 g/mol. The van der Waals surface area contributed by atoms with Crippen LogP contribution in [0.2, 0.25) is 0 Å². The number of primary amides is 1. The minimum absolute atomic E-state index is 0.258. The molecule has 0 aliphatic rings. The molecule has 0 radical (unpaired) electrons. The van der Waals surface area contributed by atoms with E-state index in [1.165, 1.54) is 0 Å². The number of hydrogen-bond acceptors (Lipinski definition) is 3. The smallest absolute Gasteiger partial charge is 0.404 e. The summed E-state index contributed by atoms with van der Waals surface area (Å²) in [6.45, 7) is 2.80. The summed E-state index contributed by atoms with van der Waals surface area (Å²) in [4.78, 5) is 10.6. The predicted molar refractivity (Wildman–Crippen MR) is 74.4 cm³/mol. The van der Waals surface area contributed by atoms with E-state index in [4.69, 9.17) is 15.2 Å². The van der Waals surface area contributed by atoms with E-state index in [-0.39, 0.29) is 6.61 Å². The van der Waals surface area contributed by atoms with Crippen molar-refractivity contribution in [1.82, 2.24) is 0 Å². The number of nitrogens with two attached hydrogens (primary N) is 1. The van der Waals surface area contributed by atoms with Crippen molar-refractivity contribution in [3.8, 4) is 5.75 Å². The van der Waals surface area contributed by atoms with Crippen LogP contribution in [0.4, 0.5) is 4.79 Å². The fourth-order valence-electron chi connectivity index (χ4n) is 2.01. The first kappa shape index (κ1) is 13.2. The van der Waals surface area contributed by atoms with Crippen LogP contribution in [0.1, 0.15) is 12.5 Å². The summed E-state index contributed by atoms with van der Waals surface area (Å²) in [6, 6.07) is 12.1. The van der Waals surface area contributed by atoms with Gasteiger partial charge in [-0.05, 0) is 35.4 Å². The van der Waals surface area contributed by atoms with Crippen molar-refractivity contribution < 1.29 is 14.3 Å². The van der Waals surface area contributed by atoms with E-state index in [9.17, 15) is 4.79 Å². The summed E-state index contributed by atoms with van der Waals surface area (Å²) in [7, 11) is 0. The molecule has 0 saturated heterocycles. The molecule has 0 aliphatic heterocycles. The van der Waals surface area contributed by atoms with Gasteiger partial charge in [0.15, 0.2) is 0 Å². The van der Waals surface area contributed by atoms with Crippen molar-refractivity contribution in [2.24, 2.45) is 5.73 Å². The number of carbonyl (C=O) groups is 1. The molecular formula is C15H17NO3. The third kappa shape index (κ3) is 3.37. The minimum atomic E-state index is -0.751. The molecule has 0 aliphatic carbocycles. The molecule has 4 nitrogen and oxygen atoms in total. The highest BCUT2D eigenvalue weighted by Gasteiger charge is 2.07. The van der Waals surface area contributed by atoms with Crippen LogP contribution in [0.3, 0.4) is 0 Å². The third-order valence-electron chi connectivity index (χ3n) is 2.84. The van der Waals surface area contributed by atoms with Crippen molar-refractivity contribution in [3.63, 3.8) is 0 Å². The molecule has 0 atom stereocenters. The first-order valence-corrected chi connectivity index (χ1v) is 6.27. The zero-order chi connectivity index (χ0) is 13.7. The molecule has 0 saturated carbocycles. The molecule has 0 bridgehead atoms. The van der Waals surface area contributed by atoms with Gasteiger partial charge < -0.3 is 15.2 Å². The Kier molecular flexibility index (Phi) is 4.23. The van der Waals surface area contributed by atoms with Gasteiger partial charge >= 0.3 is 6.09 Å². The highest BCUT2D eigenvalue weighted by atomic mass is 16.5. The maximum Gasteiger partial charge on any atom is 0.404 e. The highest BCUT2D eigenvalue weighted by Crippen LogP contribution is 2.26. The number of ether oxygens (including phenoxy) is 2. The van der Waals surface area contributed by atoms with Crippen LogP contribution in [-0.2, 0) is 11.2 Å². The normalized spacial score (nSPS) is 10.4. The predicted octanol–water partition coefficient (Wildman–Crippen LogP) is 2.88. The van der Waals surface area contributed by atoms with Gasteiger partial charge in [-0.1, -0.05) is 24.3 Å². The molecule has 1 amide bonds. The van der Waals surface area contributed by atoms with Crippen molar-refractivity contribution >= 4 is 16.9 Å². The first-order chi connectivity index (χ1) is 9.20. The Labute approximate surface area is 112 Å². The number of hydrogen-bond donors (Lipinski definition) is 1. The average Bonchev–Trinajstić information content (AvgIpc) is 2.39. The molecule has 2 N–H and O–H groups in total. The molecule has 0 heterocycles. The number of amides is 1. The molecule has 2 aromatic rings. The van der Waals surface area contributed by atoms with Crippen LogP contribution in [-0.4, -0.2) is 19.3 Å². The van der Waals surface area contributed by atoms with Crippen LogP contribution >= 0.6 is 0 Å².